The van der Waals surface area contributed by atoms with Gasteiger partial charge in [0.15, 0.2) is 0 Å². The van der Waals surface area contributed by atoms with E-state index < -0.39 is 6.10 Å². The number of hydrogen-bond acceptors (Lipinski definition) is 6. The summed E-state index contributed by atoms with van der Waals surface area (Å²) in [5.41, 5.74) is 2.69. The van der Waals surface area contributed by atoms with Crippen molar-refractivity contribution in [1.29, 1.82) is 5.26 Å². The maximum absolute atomic E-state index is 10.2. The molecular formula is C18H15N5O. The molecule has 1 atom stereocenters. The summed E-state index contributed by atoms with van der Waals surface area (Å²) in [4.78, 5) is 12.4. The molecule has 6 heteroatoms. The van der Waals surface area contributed by atoms with Crippen molar-refractivity contribution in [2.45, 2.75) is 6.10 Å². The third-order valence-corrected chi connectivity index (χ3v) is 3.50. The van der Waals surface area contributed by atoms with Crippen LogP contribution in [0.1, 0.15) is 17.4 Å². The second kappa shape index (κ2) is 7.31. The zero-order valence-corrected chi connectivity index (χ0v) is 12.8. The Morgan fingerprint density at radius 3 is 2.62 bits per heavy atom. The molecule has 0 saturated heterocycles. The Kier molecular flexibility index (Phi) is 4.75. The molecule has 0 saturated carbocycles. The standard InChI is InChI=1S/C18H15N5O/c19-9-15-7-6-14(10-20-15)16-8-18(23-12-22-16)21-11-17(24)13-4-2-1-3-5-13/h1-8,10,12,17,24H,11H2,(H,21,22,23). The van der Waals surface area contributed by atoms with E-state index in [0.29, 0.717) is 23.8 Å². The van der Waals surface area contributed by atoms with Crippen LogP contribution in [0.4, 0.5) is 5.82 Å². The highest BCUT2D eigenvalue weighted by Gasteiger charge is 2.08. The van der Waals surface area contributed by atoms with Gasteiger partial charge in [-0.25, -0.2) is 15.0 Å². The molecule has 0 spiro atoms. The van der Waals surface area contributed by atoms with Gasteiger partial charge in [0.1, 0.15) is 23.9 Å². The molecule has 6 nitrogen and oxygen atoms in total. The summed E-state index contributed by atoms with van der Waals surface area (Å²) in [5.74, 6) is 0.611. The van der Waals surface area contributed by atoms with Crippen molar-refractivity contribution in [3.8, 4) is 17.3 Å². The largest absolute Gasteiger partial charge is 0.387 e. The zero-order chi connectivity index (χ0) is 16.8. The Morgan fingerprint density at radius 2 is 1.92 bits per heavy atom. The highest BCUT2D eigenvalue weighted by atomic mass is 16.3. The fourth-order valence-corrected chi connectivity index (χ4v) is 2.22. The minimum Gasteiger partial charge on any atom is -0.387 e. The van der Waals surface area contributed by atoms with Crippen molar-refractivity contribution >= 4 is 5.82 Å². The minimum atomic E-state index is -0.624. The van der Waals surface area contributed by atoms with Gasteiger partial charge in [0.2, 0.25) is 0 Å². The van der Waals surface area contributed by atoms with Gasteiger partial charge in [-0.15, -0.1) is 0 Å². The molecule has 0 fully saturated rings. The molecule has 0 aliphatic rings. The SMILES string of the molecule is N#Cc1ccc(-c2cc(NCC(O)c3ccccc3)ncn2)cn1. The Morgan fingerprint density at radius 1 is 1.08 bits per heavy atom. The number of hydrogen-bond donors (Lipinski definition) is 2. The predicted molar refractivity (Wildman–Crippen MR) is 89.9 cm³/mol. The van der Waals surface area contributed by atoms with Crippen LogP contribution in [0.15, 0.2) is 61.1 Å². The predicted octanol–water partition coefficient (Wildman–Crippen LogP) is 2.56. The van der Waals surface area contributed by atoms with Crippen LogP contribution in [0.25, 0.3) is 11.3 Å². The van der Waals surface area contributed by atoms with Gasteiger partial charge in [0.25, 0.3) is 0 Å². The number of benzene rings is 1. The van der Waals surface area contributed by atoms with E-state index in [-0.39, 0.29) is 0 Å². The zero-order valence-electron chi connectivity index (χ0n) is 12.8. The summed E-state index contributed by atoms with van der Waals surface area (Å²) in [7, 11) is 0. The van der Waals surface area contributed by atoms with Crippen molar-refractivity contribution in [2.75, 3.05) is 11.9 Å². The Hall–Kier alpha value is -3.30. The average molecular weight is 317 g/mol. The number of aromatic nitrogens is 3. The molecule has 118 valence electrons. The van der Waals surface area contributed by atoms with E-state index in [4.69, 9.17) is 5.26 Å². The van der Waals surface area contributed by atoms with E-state index in [0.717, 1.165) is 11.1 Å². The molecule has 2 heterocycles. The quantitative estimate of drug-likeness (QED) is 0.751. The van der Waals surface area contributed by atoms with Crippen molar-refractivity contribution in [2.24, 2.45) is 0 Å². The number of pyridine rings is 1. The third-order valence-electron chi connectivity index (χ3n) is 3.50. The van der Waals surface area contributed by atoms with Gasteiger partial charge in [0.05, 0.1) is 11.8 Å². The fourth-order valence-electron chi connectivity index (χ4n) is 2.22. The van der Waals surface area contributed by atoms with Gasteiger partial charge in [-0.1, -0.05) is 30.3 Å². The molecule has 0 aliphatic heterocycles. The van der Waals surface area contributed by atoms with Crippen LogP contribution >= 0.6 is 0 Å². The summed E-state index contributed by atoms with van der Waals surface area (Å²) in [6.45, 7) is 0.339. The number of rotatable bonds is 5. The lowest BCUT2D eigenvalue weighted by molar-refractivity contribution is 0.191. The highest BCUT2D eigenvalue weighted by molar-refractivity contribution is 5.61. The summed E-state index contributed by atoms with van der Waals surface area (Å²) in [6, 6.07) is 16.6. The second-order valence-corrected chi connectivity index (χ2v) is 5.14. The van der Waals surface area contributed by atoms with Crippen LogP contribution in [-0.4, -0.2) is 26.6 Å². The number of nitriles is 1. The highest BCUT2D eigenvalue weighted by Crippen LogP contribution is 2.19. The van der Waals surface area contributed by atoms with Crippen molar-refractivity contribution in [1.82, 2.24) is 15.0 Å². The van der Waals surface area contributed by atoms with Gasteiger partial charge in [0, 0.05) is 24.4 Å². The average Bonchev–Trinajstić information content (AvgIpc) is 2.67. The van der Waals surface area contributed by atoms with Gasteiger partial charge >= 0.3 is 0 Å². The van der Waals surface area contributed by atoms with Crippen LogP contribution in [0.2, 0.25) is 0 Å². The van der Waals surface area contributed by atoms with Gasteiger partial charge in [-0.05, 0) is 17.7 Å². The molecule has 0 amide bonds. The molecule has 3 rings (SSSR count). The second-order valence-electron chi connectivity index (χ2n) is 5.14. The van der Waals surface area contributed by atoms with E-state index in [2.05, 4.69) is 20.3 Å². The van der Waals surface area contributed by atoms with E-state index in [1.807, 2.05) is 36.4 Å². The van der Waals surface area contributed by atoms with Crippen LogP contribution < -0.4 is 5.32 Å². The summed E-state index contributed by atoms with van der Waals surface area (Å²) >= 11 is 0. The van der Waals surface area contributed by atoms with E-state index in [1.54, 1.807) is 24.4 Å². The lowest BCUT2D eigenvalue weighted by Crippen LogP contribution is -2.13. The molecule has 1 unspecified atom stereocenters. The molecule has 2 N–H and O–H groups in total. The maximum atomic E-state index is 10.2. The molecular weight excluding hydrogens is 302 g/mol. The van der Waals surface area contributed by atoms with Crippen molar-refractivity contribution < 1.29 is 5.11 Å². The van der Waals surface area contributed by atoms with Gasteiger partial charge < -0.3 is 10.4 Å². The van der Waals surface area contributed by atoms with Gasteiger partial charge in [-0.2, -0.15) is 5.26 Å². The lowest BCUT2D eigenvalue weighted by atomic mass is 10.1. The van der Waals surface area contributed by atoms with Crippen molar-refractivity contribution in [3.63, 3.8) is 0 Å². The first-order valence-electron chi connectivity index (χ1n) is 7.42. The Labute approximate surface area is 139 Å². The summed E-state index contributed by atoms with van der Waals surface area (Å²) in [6.07, 6.45) is 2.43. The number of nitrogens with one attached hydrogen (secondary N) is 1. The van der Waals surface area contributed by atoms with E-state index in [1.165, 1.54) is 6.33 Å². The summed E-state index contributed by atoms with van der Waals surface area (Å²) in [5, 5.41) is 22.1. The third kappa shape index (κ3) is 3.72. The molecule has 1 aromatic carbocycles. The topological polar surface area (TPSA) is 94.7 Å². The molecule has 24 heavy (non-hydrogen) atoms. The lowest BCUT2D eigenvalue weighted by Gasteiger charge is -2.13. The minimum absolute atomic E-state index is 0.339. The molecule has 0 aliphatic carbocycles. The first-order chi connectivity index (χ1) is 11.8. The van der Waals surface area contributed by atoms with Crippen LogP contribution in [0.3, 0.4) is 0 Å². The number of nitrogens with zero attached hydrogens (tertiary/aromatic N) is 4. The smallest absolute Gasteiger partial charge is 0.140 e. The molecule has 0 radical (unpaired) electrons. The Balaban J connectivity index is 1.70. The fraction of sp³-hybridized carbons (Fsp3) is 0.111. The maximum Gasteiger partial charge on any atom is 0.140 e. The van der Waals surface area contributed by atoms with Crippen molar-refractivity contribution in [3.05, 3.63) is 72.3 Å². The van der Waals surface area contributed by atoms with E-state index in [9.17, 15) is 5.11 Å². The monoisotopic (exact) mass is 317 g/mol. The summed E-state index contributed by atoms with van der Waals surface area (Å²) < 4.78 is 0. The number of aliphatic hydroxyl groups is 1. The van der Waals surface area contributed by atoms with E-state index >= 15 is 0 Å². The molecule has 0 bridgehead atoms. The van der Waals surface area contributed by atoms with Crippen LogP contribution in [-0.2, 0) is 0 Å². The Bertz CT molecular complexity index is 843. The first kappa shape index (κ1) is 15.6. The van der Waals surface area contributed by atoms with Crippen LogP contribution in [0.5, 0.6) is 0 Å². The normalized spacial score (nSPS) is 11.5. The van der Waals surface area contributed by atoms with Gasteiger partial charge in [-0.3, -0.25) is 0 Å². The number of aliphatic hydroxyl groups excluding tert-OH is 1. The number of anilines is 1. The van der Waals surface area contributed by atoms with Crippen LogP contribution in [0, 0.1) is 11.3 Å². The molecule has 2 aromatic heterocycles. The molecule has 3 aromatic rings. The first-order valence-corrected chi connectivity index (χ1v) is 7.42.